The molecule has 12 aromatic rings. The Labute approximate surface area is 362 Å². The highest BCUT2D eigenvalue weighted by Gasteiger charge is 2.20. The summed E-state index contributed by atoms with van der Waals surface area (Å²) in [6.45, 7) is 0. The van der Waals surface area contributed by atoms with Crippen molar-refractivity contribution in [1.29, 1.82) is 0 Å². The number of thiophene rings is 1. The minimum absolute atomic E-state index is 0.648. The second kappa shape index (κ2) is 14.9. The van der Waals surface area contributed by atoms with Gasteiger partial charge in [-0.15, -0.1) is 11.3 Å². The van der Waals surface area contributed by atoms with Gasteiger partial charge >= 0.3 is 0 Å². The van der Waals surface area contributed by atoms with Gasteiger partial charge in [-0.2, -0.15) is 0 Å². The number of furan rings is 1. The highest BCUT2D eigenvalue weighted by atomic mass is 32.1. The van der Waals surface area contributed by atoms with Crippen LogP contribution >= 0.6 is 11.3 Å². The molecule has 0 aliphatic carbocycles. The monoisotopic (exact) mass is 809 g/mol. The Morgan fingerprint density at radius 1 is 0.290 bits per heavy atom. The van der Waals surface area contributed by atoms with Gasteiger partial charge in [0.2, 0.25) is 0 Å². The van der Waals surface area contributed by atoms with Crippen molar-refractivity contribution in [2.75, 3.05) is 0 Å². The van der Waals surface area contributed by atoms with Crippen molar-refractivity contribution >= 4 is 53.4 Å². The summed E-state index contributed by atoms with van der Waals surface area (Å²) in [6, 6.07) is 74.6. The van der Waals surface area contributed by atoms with Gasteiger partial charge in [-0.05, 0) is 69.3 Å². The van der Waals surface area contributed by atoms with Crippen molar-refractivity contribution in [2.45, 2.75) is 0 Å². The van der Waals surface area contributed by atoms with Crippen LogP contribution in [0.1, 0.15) is 0 Å². The molecule has 0 saturated carbocycles. The predicted molar refractivity (Wildman–Crippen MR) is 258 cm³/mol. The zero-order valence-corrected chi connectivity index (χ0v) is 34.2. The van der Waals surface area contributed by atoms with Crippen LogP contribution in [-0.2, 0) is 0 Å². The topological polar surface area (TPSA) is 51.8 Å². The molecule has 290 valence electrons. The fourth-order valence-corrected chi connectivity index (χ4v) is 10.0. The van der Waals surface area contributed by atoms with Crippen LogP contribution in [-0.4, -0.2) is 15.0 Å². The van der Waals surface area contributed by atoms with E-state index in [0.717, 1.165) is 60.0 Å². The van der Waals surface area contributed by atoms with Crippen LogP contribution in [0.3, 0.4) is 0 Å². The molecule has 0 aliphatic heterocycles. The largest absolute Gasteiger partial charge is 0.455 e. The summed E-state index contributed by atoms with van der Waals surface area (Å²) in [5.41, 5.74) is 13.9. The molecule has 9 aromatic carbocycles. The number of nitrogens with zero attached hydrogens (tertiary/aromatic N) is 3. The van der Waals surface area contributed by atoms with E-state index in [1.54, 1.807) is 11.3 Å². The number of hydrogen-bond acceptors (Lipinski definition) is 5. The first-order valence-electron chi connectivity index (χ1n) is 20.8. The van der Waals surface area contributed by atoms with Crippen molar-refractivity contribution in [3.63, 3.8) is 0 Å². The van der Waals surface area contributed by atoms with Crippen LogP contribution in [0.15, 0.2) is 217 Å². The van der Waals surface area contributed by atoms with Crippen LogP contribution in [0.5, 0.6) is 0 Å². The number of rotatable bonds is 7. The van der Waals surface area contributed by atoms with E-state index in [4.69, 9.17) is 19.4 Å². The Kier molecular flexibility index (Phi) is 8.65. The molecule has 4 nitrogen and oxygen atoms in total. The van der Waals surface area contributed by atoms with E-state index in [-0.39, 0.29) is 0 Å². The zero-order chi connectivity index (χ0) is 41.0. The van der Waals surface area contributed by atoms with Crippen LogP contribution in [0, 0.1) is 0 Å². The molecule has 3 aromatic heterocycles. The van der Waals surface area contributed by atoms with E-state index in [1.807, 2.05) is 66.7 Å². The summed E-state index contributed by atoms with van der Waals surface area (Å²) in [6.07, 6.45) is 0. The van der Waals surface area contributed by atoms with Crippen molar-refractivity contribution in [1.82, 2.24) is 15.0 Å². The molecule has 0 fully saturated rings. The summed E-state index contributed by atoms with van der Waals surface area (Å²) < 4.78 is 9.03. The molecule has 12 rings (SSSR count). The van der Waals surface area contributed by atoms with E-state index in [1.165, 1.54) is 43.3 Å². The summed E-state index contributed by atoms with van der Waals surface area (Å²) in [4.78, 5) is 15.2. The Morgan fingerprint density at radius 3 is 1.44 bits per heavy atom. The van der Waals surface area contributed by atoms with Crippen molar-refractivity contribution in [3.05, 3.63) is 212 Å². The third-order valence-corrected chi connectivity index (χ3v) is 13.0. The average Bonchev–Trinajstić information content (AvgIpc) is 3.93. The third-order valence-electron chi connectivity index (χ3n) is 11.8. The molecular weight excluding hydrogens is 775 g/mol. The number of hydrogen-bond donors (Lipinski definition) is 0. The Balaban J connectivity index is 1.01. The van der Waals surface area contributed by atoms with Crippen LogP contribution < -0.4 is 0 Å². The zero-order valence-electron chi connectivity index (χ0n) is 33.4. The molecule has 3 heterocycles. The highest BCUT2D eigenvalue weighted by Crippen LogP contribution is 2.46. The van der Waals surface area contributed by atoms with Gasteiger partial charge in [0.15, 0.2) is 17.5 Å². The standard InChI is InChI=1S/C57H35N3OS/c1-4-15-36(16-5-1)41-21-12-22-42(33-41)37-29-31-38(32-30-37)49-34-43(35-50-45-23-10-11-28-51(45)61-52(49)50)44-24-13-25-46-47-26-14-27-48(54(47)62-53(44)46)57-59-55(39-17-6-2-7-18-39)58-56(60-57)40-19-8-3-9-20-40/h1-35H. The molecule has 0 radical (unpaired) electrons. The van der Waals surface area contributed by atoms with Gasteiger partial charge in [-0.25, -0.2) is 15.0 Å². The lowest BCUT2D eigenvalue weighted by Crippen LogP contribution is -2.00. The van der Waals surface area contributed by atoms with Crippen molar-refractivity contribution in [3.8, 4) is 78.7 Å². The Morgan fingerprint density at radius 2 is 0.774 bits per heavy atom. The Hall–Kier alpha value is -7.99. The Bertz CT molecular complexity index is 3560. The molecule has 62 heavy (non-hydrogen) atoms. The first-order valence-corrected chi connectivity index (χ1v) is 21.6. The molecule has 0 unspecified atom stereocenters. The minimum Gasteiger partial charge on any atom is -0.455 e. The number of fused-ring (bicyclic) bond motifs is 6. The second-order valence-corrected chi connectivity index (χ2v) is 16.5. The number of benzene rings is 9. The van der Waals surface area contributed by atoms with Crippen LogP contribution in [0.4, 0.5) is 0 Å². The average molecular weight is 810 g/mol. The van der Waals surface area contributed by atoms with Gasteiger partial charge in [0, 0.05) is 53.2 Å². The second-order valence-electron chi connectivity index (χ2n) is 15.5. The minimum atomic E-state index is 0.648. The fraction of sp³-hybridized carbons (Fsp3) is 0. The SMILES string of the molecule is c1ccc(-c2cccc(-c3ccc(-c4cc(-c5cccc6c5sc5c(-c7nc(-c8ccccc8)nc(-c8ccccc8)n7)cccc56)cc5c4oc4ccccc45)cc3)c2)cc1. The summed E-state index contributed by atoms with van der Waals surface area (Å²) in [7, 11) is 0. The molecular formula is C57H35N3OS. The normalized spacial score (nSPS) is 11.5. The maximum atomic E-state index is 6.68. The quantitative estimate of drug-likeness (QED) is 0.161. The highest BCUT2D eigenvalue weighted by molar-refractivity contribution is 7.26. The molecule has 0 spiro atoms. The molecule has 5 heteroatoms. The number of para-hydroxylation sites is 1. The molecule has 0 atom stereocenters. The van der Waals surface area contributed by atoms with E-state index in [9.17, 15) is 0 Å². The molecule has 0 aliphatic rings. The van der Waals surface area contributed by atoms with Crippen LogP contribution in [0.25, 0.3) is 121 Å². The van der Waals surface area contributed by atoms with Gasteiger partial charge in [-0.1, -0.05) is 182 Å². The lowest BCUT2D eigenvalue weighted by molar-refractivity contribution is 0.670. The van der Waals surface area contributed by atoms with Gasteiger partial charge in [0.05, 0.1) is 0 Å². The lowest BCUT2D eigenvalue weighted by atomic mass is 9.93. The van der Waals surface area contributed by atoms with Gasteiger partial charge < -0.3 is 4.42 Å². The fourth-order valence-electron chi connectivity index (χ4n) is 8.70. The maximum absolute atomic E-state index is 6.68. The van der Waals surface area contributed by atoms with E-state index < -0.39 is 0 Å². The molecule has 0 amide bonds. The summed E-state index contributed by atoms with van der Waals surface area (Å²) in [5.74, 6) is 1.95. The van der Waals surface area contributed by atoms with Gasteiger partial charge in [0.1, 0.15) is 11.2 Å². The van der Waals surface area contributed by atoms with Gasteiger partial charge in [0.25, 0.3) is 0 Å². The van der Waals surface area contributed by atoms with E-state index >= 15 is 0 Å². The predicted octanol–water partition coefficient (Wildman–Crippen LogP) is 15.8. The lowest BCUT2D eigenvalue weighted by Gasteiger charge is -2.11. The molecule has 0 bridgehead atoms. The molecule has 0 saturated heterocycles. The van der Waals surface area contributed by atoms with E-state index in [2.05, 4.69) is 146 Å². The smallest absolute Gasteiger partial charge is 0.165 e. The van der Waals surface area contributed by atoms with Crippen molar-refractivity contribution in [2.24, 2.45) is 0 Å². The first-order chi connectivity index (χ1) is 30.7. The summed E-state index contributed by atoms with van der Waals surface area (Å²) in [5, 5.41) is 4.57. The summed E-state index contributed by atoms with van der Waals surface area (Å²) >= 11 is 1.80. The third kappa shape index (κ3) is 6.26. The first kappa shape index (κ1) is 35.9. The number of aromatic nitrogens is 3. The maximum Gasteiger partial charge on any atom is 0.165 e. The molecule has 0 N–H and O–H groups in total. The van der Waals surface area contributed by atoms with Crippen LogP contribution in [0.2, 0.25) is 0 Å². The van der Waals surface area contributed by atoms with Gasteiger partial charge in [-0.3, -0.25) is 0 Å². The van der Waals surface area contributed by atoms with E-state index in [0.29, 0.717) is 17.5 Å². The van der Waals surface area contributed by atoms with Crippen molar-refractivity contribution < 1.29 is 4.42 Å².